The number of ether oxygens (including phenoxy) is 3. The van der Waals surface area contributed by atoms with E-state index < -0.39 is 6.10 Å². The van der Waals surface area contributed by atoms with Crippen LogP contribution in [0, 0.1) is 0 Å². The molecule has 2 rings (SSSR count). The highest BCUT2D eigenvalue weighted by molar-refractivity contribution is 5.54. The van der Waals surface area contributed by atoms with Crippen molar-refractivity contribution in [2.45, 2.75) is 19.1 Å². The molecule has 0 aromatic heterocycles. The molecule has 82 valence electrons. The van der Waals surface area contributed by atoms with Gasteiger partial charge >= 0.3 is 0 Å². The van der Waals surface area contributed by atoms with Gasteiger partial charge in [0.1, 0.15) is 29.5 Å². The van der Waals surface area contributed by atoms with Gasteiger partial charge in [0, 0.05) is 12.1 Å². The lowest BCUT2D eigenvalue weighted by Gasteiger charge is -2.10. The number of rotatable bonds is 2. The second-order valence-electron chi connectivity index (χ2n) is 3.51. The van der Waals surface area contributed by atoms with E-state index in [2.05, 4.69) is 0 Å². The Kier molecular flexibility index (Phi) is 2.44. The van der Waals surface area contributed by atoms with Gasteiger partial charge in [0.2, 0.25) is 0 Å². The lowest BCUT2D eigenvalue weighted by atomic mass is 10.1. The molecule has 1 N–H and O–H groups in total. The second kappa shape index (κ2) is 3.62. The van der Waals surface area contributed by atoms with E-state index in [1.165, 1.54) is 0 Å². The molecule has 2 atom stereocenters. The van der Waals surface area contributed by atoms with Gasteiger partial charge in [-0.3, -0.25) is 0 Å². The van der Waals surface area contributed by atoms with E-state index in [1.54, 1.807) is 26.4 Å². The Morgan fingerprint density at radius 2 is 2.00 bits per heavy atom. The summed E-state index contributed by atoms with van der Waals surface area (Å²) in [6.07, 6.45) is -0.887. The van der Waals surface area contributed by atoms with Crippen molar-refractivity contribution in [3.05, 3.63) is 17.7 Å². The largest absolute Gasteiger partial charge is 0.496 e. The summed E-state index contributed by atoms with van der Waals surface area (Å²) in [6.45, 7) is 1.82. The van der Waals surface area contributed by atoms with Crippen LogP contribution in [-0.2, 0) is 0 Å². The fourth-order valence-electron chi connectivity index (χ4n) is 1.75. The van der Waals surface area contributed by atoms with Gasteiger partial charge in [-0.1, -0.05) is 0 Å². The van der Waals surface area contributed by atoms with Crippen molar-refractivity contribution in [3.8, 4) is 17.2 Å². The maximum absolute atomic E-state index is 9.88. The zero-order valence-electron chi connectivity index (χ0n) is 8.98. The summed E-state index contributed by atoms with van der Waals surface area (Å²) < 4.78 is 15.8. The van der Waals surface area contributed by atoms with Crippen LogP contribution < -0.4 is 14.2 Å². The predicted octanol–water partition coefficient (Wildman–Crippen LogP) is 1.52. The first-order chi connectivity index (χ1) is 7.17. The number of hydrogen-bond donors (Lipinski definition) is 1. The van der Waals surface area contributed by atoms with Gasteiger partial charge in [-0.15, -0.1) is 0 Å². The number of aliphatic hydroxyl groups is 1. The molecule has 0 spiro atoms. The van der Waals surface area contributed by atoms with E-state index in [0.29, 0.717) is 22.8 Å². The highest BCUT2D eigenvalue weighted by Crippen LogP contribution is 2.44. The van der Waals surface area contributed by atoms with Crippen LogP contribution in [0.25, 0.3) is 0 Å². The van der Waals surface area contributed by atoms with Gasteiger partial charge in [-0.25, -0.2) is 0 Å². The zero-order valence-corrected chi connectivity index (χ0v) is 8.98. The van der Waals surface area contributed by atoms with Gasteiger partial charge in [-0.05, 0) is 6.92 Å². The van der Waals surface area contributed by atoms with Crippen molar-refractivity contribution in [2.24, 2.45) is 0 Å². The molecule has 0 amide bonds. The minimum absolute atomic E-state index is 0.249. The predicted molar refractivity (Wildman–Crippen MR) is 54.6 cm³/mol. The molecule has 2 unspecified atom stereocenters. The molecule has 15 heavy (non-hydrogen) atoms. The number of benzene rings is 1. The maximum atomic E-state index is 9.88. The maximum Gasteiger partial charge on any atom is 0.133 e. The van der Waals surface area contributed by atoms with Gasteiger partial charge < -0.3 is 19.3 Å². The Hall–Kier alpha value is -1.42. The summed E-state index contributed by atoms with van der Waals surface area (Å²) in [5.41, 5.74) is 0.700. The lowest BCUT2D eigenvalue weighted by Crippen LogP contribution is -2.13. The molecular formula is C11H14O4. The third kappa shape index (κ3) is 1.51. The number of fused-ring (bicyclic) bond motifs is 1. The first-order valence-electron chi connectivity index (χ1n) is 4.78. The van der Waals surface area contributed by atoms with Crippen LogP contribution in [0.15, 0.2) is 12.1 Å². The fraction of sp³-hybridized carbons (Fsp3) is 0.455. The van der Waals surface area contributed by atoms with Crippen LogP contribution >= 0.6 is 0 Å². The summed E-state index contributed by atoms with van der Waals surface area (Å²) in [4.78, 5) is 0. The van der Waals surface area contributed by atoms with Crippen molar-refractivity contribution in [1.82, 2.24) is 0 Å². The summed E-state index contributed by atoms with van der Waals surface area (Å²) in [7, 11) is 3.14. The molecule has 0 radical (unpaired) electrons. The average Bonchev–Trinajstić information content (AvgIpc) is 2.53. The second-order valence-corrected chi connectivity index (χ2v) is 3.51. The van der Waals surface area contributed by atoms with Crippen molar-refractivity contribution in [1.29, 1.82) is 0 Å². The van der Waals surface area contributed by atoms with Crippen LogP contribution in [0.2, 0.25) is 0 Å². The molecule has 1 aromatic carbocycles. The Labute approximate surface area is 88.4 Å². The highest BCUT2D eigenvalue weighted by atomic mass is 16.5. The first-order valence-corrected chi connectivity index (χ1v) is 4.78. The molecule has 0 fully saturated rings. The lowest BCUT2D eigenvalue weighted by molar-refractivity contribution is 0.0784. The smallest absolute Gasteiger partial charge is 0.133 e. The Morgan fingerprint density at radius 1 is 1.27 bits per heavy atom. The quantitative estimate of drug-likeness (QED) is 0.804. The van der Waals surface area contributed by atoms with Crippen molar-refractivity contribution < 1.29 is 19.3 Å². The Bertz CT molecular complexity index is 375. The first kappa shape index (κ1) is 10.1. The third-order valence-electron chi connectivity index (χ3n) is 2.59. The Morgan fingerprint density at radius 3 is 2.60 bits per heavy atom. The van der Waals surface area contributed by atoms with Crippen LogP contribution in [0.4, 0.5) is 0 Å². The van der Waals surface area contributed by atoms with E-state index >= 15 is 0 Å². The van der Waals surface area contributed by atoms with E-state index in [4.69, 9.17) is 14.2 Å². The third-order valence-corrected chi connectivity index (χ3v) is 2.59. The Balaban J connectivity index is 2.53. The monoisotopic (exact) mass is 210 g/mol. The number of hydrogen-bond acceptors (Lipinski definition) is 4. The van der Waals surface area contributed by atoms with Gasteiger partial charge in [-0.2, -0.15) is 0 Å². The summed E-state index contributed by atoms with van der Waals surface area (Å²) in [6, 6.07) is 3.49. The molecule has 1 heterocycles. The molecule has 1 aromatic rings. The molecular weight excluding hydrogens is 196 g/mol. The van der Waals surface area contributed by atoms with Crippen LogP contribution in [0.3, 0.4) is 0 Å². The van der Waals surface area contributed by atoms with Gasteiger partial charge in [0.15, 0.2) is 0 Å². The van der Waals surface area contributed by atoms with Crippen molar-refractivity contribution in [2.75, 3.05) is 14.2 Å². The van der Waals surface area contributed by atoms with Crippen molar-refractivity contribution in [3.63, 3.8) is 0 Å². The summed E-state index contributed by atoms with van der Waals surface area (Å²) in [5, 5.41) is 9.88. The fourth-order valence-corrected chi connectivity index (χ4v) is 1.75. The van der Waals surface area contributed by atoms with Gasteiger partial charge in [0.05, 0.1) is 19.8 Å². The molecule has 4 nitrogen and oxygen atoms in total. The van der Waals surface area contributed by atoms with E-state index in [0.717, 1.165) is 0 Å². The highest BCUT2D eigenvalue weighted by Gasteiger charge is 2.33. The summed E-state index contributed by atoms with van der Waals surface area (Å²) in [5.74, 6) is 1.89. The molecule has 0 aliphatic carbocycles. The van der Waals surface area contributed by atoms with Crippen LogP contribution in [0.5, 0.6) is 17.2 Å². The molecule has 4 heteroatoms. The number of methoxy groups -OCH3 is 2. The molecule has 1 aliphatic heterocycles. The zero-order chi connectivity index (χ0) is 11.0. The van der Waals surface area contributed by atoms with Crippen LogP contribution in [-0.4, -0.2) is 25.4 Å². The minimum Gasteiger partial charge on any atom is -0.496 e. The molecule has 1 aliphatic rings. The average molecular weight is 210 g/mol. The topological polar surface area (TPSA) is 47.9 Å². The van der Waals surface area contributed by atoms with E-state index in [9.17, 15) is 5.11 Å². The van der Waals surface area contributed by atoms with Crippen molar-refractivity contribution >= 4 is 0 Å². The summed E-state index contributed by atoms with van der Waals surface area (Å²) >= 11 is 0. The molecule has 0 saturated carbocycles. The van der Waals surface area contributed by atoms with E-state index in [1.807, 2.05) is 6.92 Å². The molecule has 0 saturated heterocycles. The number of aliphatic hydroxyl groups excluding tert-OH is 1. The van der Waals surface area contributed by atoms with Crippen LogP contribution in [0.1, 0.15) is 18.6 Å². The standard InChI is InChI=1S/C11H14O4/c1-6-11(12)10-8(14-3)4-7(13-2)5-9(10)15-6/h4-6,11-12H,1-3H3. The normalized spacial score (nSPS) is 23.2. The SMILES string of the molecule is COc1cc(OC)c2c(c1)OC(C)C2O. The minimum atomic E-state index is -0.638. The van der Waals surface area contributed by atoms with Gasteiger partial charge in [0.25, 0.3) is 0 Å². The molecule has 0 bridgehead atoms. The van der Waals surface area contributed by atoms with E-state index in [-0.39, 0.29) is 6.10 Å².